The van der Waals surface area contributed by atoms with Gasteiger partial charge in [-0.2, -0.15) is 0 Å². The maximum absolute atomic E-state index is 12.9. The van der Waals surface area contributed by atoms with Crippen molar-refractivity contribution >= 4 is 17.4 Å². The number of aryl methyl sites for hydroxylation is 2. The number of carbonyl (C=O) groups excluding carboxylic acids is 2. The summed E-state index contributed by atoms with van der Waals surface area (Å²) < 4.78 is 5.55. The van der Waals surface area contributed by atoms with E-state index in [1.54, 1.807) is 12.1 Å². The van der Waals surface area contributed by atoms with E-state index in [0.29, 0.717) is 24.4 Å². The number of ketones is 1. The summed E-state index contributed by atoms with van der Waals surface area (Å²) in [5, 5.41) is 11.1. The molecule has 152 valence electrons. The second-order valence-corrected chi connectivity index (χ2v) is 8.00. The molecule has 1 atom stereocenters. The lowest BCUT2D eigenvalue weighted by Gasteiger charge is -2.24. The molecule has 0 radical (unpaired) electrons. The highest BCUT2D eigenvalue weighted by atomic mass is 16.3. The smallest absolute Gasteiger partial charge is 0.295 e. The van der Waals surface area contributed by atoms with E-state index in [1.165, 1.54) is 28.7 Å². The standard InChI is InChI=1S/C23H26N2O4/c1-24(2)11-12-25-20(18-8-5-13-29-18)19(22(27)23(25)28)21(26)17-10-9-15-6-3-4-7-16(15)14-17/h5,8-10,13-14,20,26H,3-4,6-7,11-12H2,1-2H3/b21-19-. The van der Waals surface area contributed by atoms with E-state index in [4.69, 9.17) is 4.42 Å². The van der Waals surface area contributed by atoms with Crippen LogP contribution >= 0.6 is 0 Å². The van der Waals surface area contributed by atoms with Crippen LogP contribution in [0.5, 0.6) is 0 Å². The van der Waals surface area contributed by atoms with Crippen LogP contribution in [-0.2, 0) is 22.4 Å². The molecule has 0 bridgehead atoms. The van der Waals surface area contributed by atoms with Crippen molar-refractivity contribution in [2.75, 3.05) is 27.2 Å². The Kier molecular flexibility index (Phi) is 5.28. The van der Waals surface area contributed by atoms with Crippen LogP contribution in [0.15, 0.2) is 46.6 Å². The lowest BCUT2D eigenvalue weighted by atomic mass is 9.89. The van der Waals surface area contributed by atoms with Gasteiger partial charge in [0.1, 0.15) is 17.6 Å². The van der Waals surface area contributed by atoms with Crippen molar-refractivity contribution < 1.29 is 19.1 Å². The molecule has 1 aliphatic carbocycles. The van der Waals surface area contributed by atoms with Crippen LogP contribution < -0.4 is 0 Å². The second kappa shape index (κ2) is 7.87. The van der Waals surface area contributed by atoms with E-state index in [1.807, 2.05) is 37.2 Å². The number of aliphatic hydroxyl groups is 1. The molecule has 6 heteroatoms. The Morgan fingerprint density at radius 1 is 1.17 bits per heavy atom. The Hall–Kier alpha value is -2.86. The topological polar surface area (TPSA) is 74.0 Å². The van der Waals surface area contributed by atoms with Gasteiger partial charge in [0.25, 0.3) is 11.7 Å². The normalized spacial score (nSPS) is 21.1. The minimum atomic E-state index is -0.721. The third-order valence-electron chi connectivity index (χ3n) is 5.76. The molecule has 0 saturated carbocycles. The lowest BCUT2D eigenvalue weighted by molar-refractivity contribution is -0.140. The number of hydrogen-bond donors (Lipinski definition) is 1. The highest BCUT2D eigenvalue weighted by Crippen LogP contribution is 2.39. The zero-order chi connectivity index (χ0) is 20.5. The van der Waals surface area contributed by atoms with Crippen LogP contribution in [-0.4, -0.2) is 53.8 Å². The molecule has 29 heavy (non-hydrogen) atoms. The zero-order valence-corrected chi connectivity index (χ0v) is 16.9. The van der Waals surface area contributed by atoms with Crippen molar-refractivity contribution in [1.29, 1.82) is 0 Å². The predicted molar refractivity (Wildman–Crippen MR) is 109 cm³/mol. The molecule has 1 aromatic carbocycles. The van der Waals surface area contributed by atoms with Crippen molar-refractivity contribution in [2.24, 2.45) is 0 Å². The molecule has 1 N–H and O–H groups in total. The summed E-state index contributed by atoms with van der Waals surface area (Å²) in [5.41, 5.74) is 3.17. The van der Waals surface area contributed by atoms with Gasteiger partial charge in [-0.25, -0.2) is 0 Å². The first-order chi connectivity index (χ1) is 14.0. The number of likely N-dealkylation sites (N-methyl/N-ethyl adjacent to an activating group) is 1. The van der Waals surface area contributed by atoms with Crippen LogP contribution in [0.2, 0.25) is 0 Å². The highest BCUT2D eigenvalue weighted by molar-refractivity contribution is 6.46. The summed E-state index contributed by atoms with van der Waals surface area (Å²) in [6.07, 6.45) is 5.82. The number of carbonyl (C=O) groups is 2. The molecule has 2 heterocycles. The van der Waals surface area contributed by atoms with Crippen LogP contribution in [0.4, 0.5) is 0 Å². The van der Waals surface area contributed by atoms with Gasteiger partial charge in [0.2, 0.25) is 0 Å². The van der Waals surface area contributed by atoms with Gasteiger partial charge < -0.3 is 19.3 Å². The summed E-state index contributed by atoms with van der Waals surface area (Å²) >= 11 is 0. The molecular weight excluding hydrogens is 368 g/mol. The summed E-state index contributed by atoms with van der Waals surface area (Å²) in [5.74, 6) is -0.930. The molecule has 1 fully saturated rings. The van der Waals surface area contributed by atoms with E-state index in [9.17, 15) is 14.7 Å². The van der Waals surface area contributed by atoms with Gasteiger partial charge in [-0.3, -0.25) is 9.59 Å². The molecule has 0 spiro atoms. The highest BCUT2D eigenvalue weighted by Gasteiger charge is 2.47. The van der Waals surface area contributed by atoms with E-state index in [0.717, 1.165) is 19.3 Å². The molecule has 4 rings (SSSR count). The molecule has 6 nitrogen and oxygen atoms in total. The van der Waals surface area contributed by atoms with Crippen LogP contribution in [0.1, 0.15) is 41.3 Å². The predicted octanol–water partition coefficient (Wildman–Crippen LogP) is 3.14. The summed E-state index contributed by atoms with van der Waals surface area (Å²) in [4.78, 5) is 29.1. The van der Waals surface area contributed by atoms with Gasteiger partial charge in [0, 0.05) is 18.7 Å². The SMILES string of the molecule is CN(C)CCN1C(=O)C(=O)/C(=C(\O)c2ccc3c(c2)CCCC3)C1c1ccco1. The minimum Gasteiger partial charge on any atom is -0.507 e. The Labute approximate surface area is 170 Å². The van der Waals surface area contributed by atoms with Gasteiger partial charge >= 0.3 is 0 Å². The molecular formula is C23H26N2O4. The maximum atomic E-state index is 12.9. The van der Waals surface area contributed by atoms with Crippen LogP contribution in [0, 0.1) is 0 Å². The number of furan rings is 1. The number of hydrogen-bond acceptors (Lipinski definition) is 5. The number of fused-ring (bicyclic) bond motifs is 1. The summed E-state index contributed by atoms with van der Waals surface area (Å²) in [6, 6.07) is 8.55. The second-order valence-electron chi connectivity index (χ2n) is 8.00. The fraction of sp³-hybridized carbons (Fsp3) is 0.391. The largest absolute Gasteiger partial charge is 0.507 e. The summed E-state index contributed by atoms with van der Waals surface area (Å²) in [6.45, 7) is 0.965. The average Bonchev–Trinajstić information content (AvgIpc) is 3.33. The van der Waals surface area contributed by atoms with Gasteiger partial charge in [-0.1, -0.05) is 12.1 Å². The number of Topliss-reactive ketones (excluding diaryl/α,β-unsaturated/α-hetero) is 1. The summed E-state index contributed by atoms with van der Waals surface area (Å²) in [7, 11) is 3.82. The van der Waals surface area contributed by atoms with Crippen LogP contribution in [0.3, 0.4) is 0 Å². The van der Waals surface area contributed by atoms with Crippen molar-refractivity contribution in [3.63, 3.8) is 0 Å². The molecule has 1 aromatic heterocycles. The van der Waals surface area contributed by atoms with E-state index in [-0.39, 0.29) is 11.3 Å². The zero-order valence-electron chi connectivity index (χ0n) is 16.9. The monoisotopic (exact) mass is 394 g/mol. The van der Waals surface area contributed by atoms with Crippen molar-refractivity contribution in [1.82, 2.24) is 9.80 Å². The Balaban J connectivity index is 1.79. The minimum absolute atomic E-state index is 0.0967. The fourth-order valence-corrected chi connectivity index (χ4v) is 4.20. The van der Waals surface area contributed by atoms with Gasteiger partial charge in [-0.05, 0) is 69.1 Å². The average molecular weight is 394 g/mol. The third kappa shape index (κ3) is 3.60. The number of likely N-dealkylation sites (tertiary alicyclic amines) is 1. The lowest BCUT2D eigenvalue weighted by Crippen LogP contribution is -2.35. The first-order valence-corrected chi connectivity index (χ1v) is 10.1. The number of aliphatic hydroxyl groups excluding tert-OH is 1. The van der Waals surface area contributed by atoms with Crippen molar-refractivity contribution in [3.8, 4) is 0 Å². The molecule has 2 aromatic rings. The fourth-order valence-electron chi connectivity index (χ4n) is 4.20. The molecule has 1 unspecified atom stereocenters. The van der Waals surface area contributed by atoms with E-state index >= 15 is 0 Å². The molecule has 1 amide bonds. The number of amides is 1. The number of nitrogens with zero attached hydrogens (tertiary/aromatic N) is 2. The van der Waals surface area contributed by atoms with Gasteiger partial charge in [-0.15, -0.1) is 0 Å². The third-order valence-corrected chi connectivity index (χ3v) is 5.76. The van der Waals surface area contributed by atoms with E-state index in [2.05, 4.69) is 0 Å². The van der Waals surface area contributed by atoms with Crippen molar-refractivity contribution in [2.45, 2.75) is 31.7 Å². The quantitative estimate of drug-likeness (QED) is 0.479. The Bertz CT molecular complexity index is 959. The number of benzene rings is 1. The Morgan fingerprint density at radius 3 is 2.62 bits per heavy atom. The molecule has 1 aliphatic heterocycles. The van der Waals surface area contributed by atoms with Crippen LogP contribution in [0.25, 0.3) is 5.76 Å². The first kappa shape index (κ1) is 19.5. The maximum Gasteiger partial charge on any atom is 0.295 e. The van der Waals surface area contributed by atoms with Crippen molar-refractivity contribution in [3.05, 3.63) is 64.6 Å². The first-order valence-electron chi connectivity index (χ1n) is 10.1. The van der Waals surface area contributed by atoms with E-state index < -0.39 is 17.7 Å². The molecule has 2 aliphatic rings. The van der Waals surface area contributed by atoms with Gasteiger partial charge in [0.15, 0.2) is 0 Å². The molecule has 1 saturated heterocycles. The number of rotatable bonds is 5. The van der Waals surface area contributed by atoms with Gasteiger partial charge in [0.05, 0.1) is 11.8 Å². The Morgan fingerprint density at radius 2 is 1.93 bits per heavy atom.